The van der Waals surface area contributed by atoms with Crippen molar-refractivity contribution in [1.82, 2.24) is 9.80 Å². The normalized spacial score (nSPS) is 18.5. The van der Waals surface area contributed by atoms with Gasteiger partial charge >= 0.3 is 0 Å². The van der Waals surface area contributed by atoms with E-state index in [0.29, 0.717) is 18.4 Å². The van der Waals surface area contributed by atoms with E-state index in [0.717, 1.165) is 39.0 Å². The van der Waals surface area contributed by atoms with Gasteiger partial charge < -0.3 is 9.80 Å². The molecule has 0 N–H and O–H groups in total. The first-order chi connectivity index (χ1) is 7.22. The molecule has 3 heteroatoms. The molecule has 1 aliphatic rings. The highest BCUT2D eigenvalue weighted by atomic mass is 16.2. The molecule has 0 unspecified atom stereocenters. The predicted molar refractivity (Wildman–Crippen MR) is 62.8 cm³/mol. The quantitative estimate of drug-likeness (QED) is 0.708. The van der Waals surface area contributed by atoms with Crippen molar-refractivity contribution in [2.75, 3.05) is 26.2 Å². The van der Waals surface area contributed by atoms with Crippen LogP contribution >= 0.6 is 0 Å². The Morgan fingerprint density at radius 1 is 1.20 bits per heavy atom. The summed E-state index contributed by atoms with van der Waals surface area (Å²) in [5, 5.41) is 0. The average Bonchev–Trinajstić information content (AvgIpc) is 2.30. The fourth-order valence-corrected chi connectivity index (χ4v) is 2.44. The number of piperidine rings is 1. The van der Waals surface area contributed by atoms with Gasteiger partial charge in [0.2, 0.25) is 5.91 Å². The first kappa shape index (κ1) is 12.5. The SMILES string of the molecule is CCC(=O)N1CCC(N(CC)CC)CC1. The third kappa shape index (κ3) is 3.20. The minimum Gasteiger partial charge on any atom is -0.343 e. The molecule has 1 rings (SSSR count). The van der Waals surface area contributed by atoms with Gasteiger partial charge in [-0.3, -0.25) is 4.79 Å². The lowest BCUT2D eigenvalue weighted by molar-refractivity contribution is -0.132. The summed E-state index contributed by atoms with van der Waals surface area (Å²) in [5.41, 5.74) is 0. The fourth-order valence-electron chi connectivity index (χ4n) is 2.44. The molecule has 0 aromatic heterocycles. The molecule has 1 saturated heterocycles. The molecule has 1 aliphatic heterocycles. The maximum absolute atomic E-state index is 11.5. The van der Waals surface area contributed by atoms with Crippen molar-refractivity contribution in [3.63, 3.8) is 0 Å². The van der Waals surface area contributed by atoms with E-state index in [1.54, 1.807) is 0 Å². The Labute approximate surface area is 93.4 Å². The van der Waals surface area contributed by atoms with Gasteiger partial charge in [-0.1, -0.05) is 20.8 Å². The molecule has 3 nitrogen and oxygen atoms in total. The number of rotatable bonds is 4. The van der Waals surface area contributed by atoms with E-state index < -0.39 is 0 Å². The fraction of sp³-hybridized carbons (Fsp3) is 0.917. The summed E-state index contributed by atoms with van der Waals surface area (Å²) in [6, 6.07) is 0.695. The maximum Gasteiger partial charge on any atom is 0.222 e. The lowest BCUT2D eigenvalue weighted by atomic mass is 10.0. The third-order valence-corrected chi connectivity index (χ3v) is 3.45. The van der Waals surface area contributed by atoms with Crippen molar-refractivity contribution in [2.24, 2.45) is 0 Å². The minimum absolute atomic E-state index is 0.313. The van der Waals surface area contributed by atoms with E-state index in [-0.39, 0.29) is 0 Å². The molecule has 0 aromatic carbocycles. The van der Waals surface area contributed by atoms with Crippen LogP contribution in [0.25, 0.3) is 0 Å². The largest absolute Gasteiger partial charge is 0.343 e. The van der Waals surface area contributed by atoms with Crippen LogP contribution in [0.5, 0.6) is 0 Å². The Morgan fingerprint density at radius 3 is 2.13 bits per heavy atom. The number of carbonyl (C=O) groups is 1. The number of amides is 1. The van der Waals surface area contributed by atoms with E-state index in [2.05, 4.69) is 18.7 Å². The first-order valence-corrected chi connectivity index (χ1v) is 6.24. The van der Waals surface area contributed by atoms with E-state index >= 15 is 0 Å². The Balaban J connectivity index is 2.38. The second-order valence-electron chi connectivity index (χ2n) is 4.19. The molecular formula is C12H24N2O. The monoisotopic (exact) mass is 212 g/mol. The molecule has 0 spiro atoms. The average molecular weight is 212 g/mol. The molecule has 1 amide bonds. The molecule has 0 saturated carbocycles. The van der Waals surface area contributed by atoms with Crippen molar-refractivity contribution in [1.29, 1.82) is 0 Å². The van der Waals surface area contributed by atoms with E-state index in [1.165, 1.54) is 0 Å². The van der Waals surface area contributed by atoms with Crippen LogP contribution in [0.15, 0.2) is 0 Å². The number of hydrogen-bond acceptors (Lipinski definition) is 2. The summed E-state index contributed by atoms with van der Waals surface area (Å²) in [7, 11) is 0. The van der Waals surface area contributed by atoms with Crippen LogP contribution < -0.4 is 0 Å². The van der Waals surface area contributed by atoms with Crippen LogP contribution in [-0.4, -0.2) is 47.9 Å². The smallest absolute Gasteiger partial charge is 0.222 e. The first-order valence-electron chi connectivity index (χ1n) is 6.24. The summed E-state index contributed by atoms with van der Waals surface area (Å²) in [5.74, 6) is 0.313. The van der Waals surface area contributed by atoms with Gasteiger partial charge in [0, 0.05) is 25.6 Å². The second-order valence-corrected chi connectivity index (χ2v) is 4.19. The number of hydrogen-bond donors (Lipinski definition) is 0. The molecule has 0 bridgehead atoms. The minimum atomic E-state index is 0.313. The van der Waals surface area contributed by atoms with Gasteiger partial charge in [0.1, 0.15) is 0 Å². The summed E-state index contributed by atoms with van der Waals surface area (Å²) < 4.78 is 0. The van der Waals surface area contributed by atoms with E-state index in [1.807, 2.05) is 11.8 Å². The van der Waals surface area contributed by atoms with Gasteiger partial charge in [-0.25, -0.2) is 0 Å². The predicted octanol–water partition coefficient (Wildman–Crippen LogP) is 1.73. The molecule has 1 fully saturated rings. The molecule has 15 heavy (non-hydrogen) atoms. The van der Waals surface area contributed by atoms with Gasteiger partial charge in [-0.15, -0.1) is 0 Å². The molecule has 0 radical (unpaired) electrons. The van der Waals surface area contributed by atoms with Crippen molar-refractivity contribution < 1.29 is 4.79 Å². The Kier molecular flexibility index (Phi) is 5.09. The van der Waals surface area contributed by atoms with Crippen LogP contribution in [0.4, 0.5) is 0 Å². The molecule has 0 atom stereocenters. The zero-order valence-corrected chi connectivity index (χ0v) is 10.3. The van der Waals surface area contributed by atoms with Crippen LogP contribution in [0.2, 0.25) is 0 Å². The molecule has 0 aliphatic carbocycles. The van der Waals surface area contributed by atoms with Crippen LogP contribution in [-0.2, 0) is 4.79 Å². The lowest BCUT2D eigenvalue weighted by Gasteiger charge is -2.37. The molecular weight excluding hydrogens is 188 g/mol. The zero-order valence-electron chi connectivity index (χ0n) is 10.3. The number of likely N-dealkylation sites (tertiary alicyclic amines) is 1. The van der Waals surface area contributed by atoms with Gasteiger partial charge in [0.15, 0.2) is 0 Å². The number of nitrogens with zero attached hydrogens (tertiary/aromatic N) is 2. The van der Waals surface area contributed by atoms with Gasteiger partial charge in [-0.05, 0) is 25.9 Å². The summed E-state index contributed by atoms with van der Waals surface area (Å²) >= 11 is 0. The van der Waals surface area contributed by atoms with Crippen molar-refractivity contribution in [2.45, 2.75) is 46.1 Å². The van der Waals surface area contributed by atoms with Gasteiger partial charge in [-0.2, -0.15) is 0 Å². The van der Waals surface area contributed by atoms with Gasteiger partial charge in [0.25, 0.3) is 0 Å². The summed E-state index contributed by atoms with van der Waals surface area (Å²) in [4.78, 5) is 16.0. The standard InChI is InChI=1S/C12H24N2O/c1-4-12(15)14-9-7-11(8-10-14)13(5-2)6-3/h11H,4-10H2,1-3H3. The summed E-state index contributed by atoms with van der Waals surface area (Å²) in [6.45, 7) is 10.5. The third-order valence-electron chi connectivity index (χ3n) is 3.45. The Morgan fingerprint density at radius 2 is 1.73 bits per heavy atom. The molecule has 0 aromatic rings. The lowest BCUT2D eigenvalue weighted by Crippen LogP contribution is -2.46. The van der Waals surface area contributed by atoms with Crippen molar-refractivity contribution in [3.8, 4) is 0 Å². The Hall–Kier alpha value is -0.570. The number of carbonyl (C=O) groups excluding carboxylic acids is 1. The second kappa shape index (κ2) is 6.11. The van der Waals surface area contributed by atoms with Crippen LogP contribution in [0, 0.1) is 0 Å². The van der Waals surface area contributed by atoms with Crippen molar-refractivity contribution >= 4 is 5.91 Å². The van der Waals surface area contributed by atoms with E-state index in [4.69, 9.17) is 0 Å². The highest BCUT2D eigenvalue weighted by Crippen LogP contribution is 2.16. The zero-order chi connectivity index (χ0) is 11.3. The Bertz CT molecular complexity index is 194. The van der Waals surface area contributed by atoms with Crippen LogP contribution in [0.1, 0.15) is 40.0 Å². The molecule has 88 valence electrons. The van der Waals surface area contributed by atoms with Gasteiger partial charge in [0.05, 0.1) is 0 Å². The van der Waals surface area contributed by atoms with E-state index in [9.17, 15) is 4.79 Å². The highest BCUT2D eigenvalue weighted by Gasteiger charge is 2.24. The van der Waals surface area contributed by atoms with Crippen LogP contribution in [0.3, 0.4) is 0 Å². The molecule has 1 heterocycles. The maximum atomic E-state index is 11.5. The highest BCUT2D eigenvalue weighted by molar-refractivity contribution is 5.75. The topological polar surface area (TPSA) is 23.6 Å². The summed E-state index contributed by atoms with van der Waals surface area (Å²) in [6.07, 6.45) is 2.94. The van der Waals surface area contributed by atoms with Crippen molar-refractivity contribution in [3.05, 3.63) is 0 Å².